The Morgan fingerprint density at radius 2 is 2.17 bits per heavy atom. The van der Waals surface area contributed by atoms with Crippen LogP contribution in [0.25, 0.3) is 0 Å². The first-order valence-corrected chi connectivity index (χ1v) is 5.78. The molecule has 0 aliphatic carbocycles. The Morgan fingerprint density at radius 3 is 2.72 bits per heavy atom. The first kappa shape index (κ1) is 15.0. The van der Waals surface area contributed by atoms with Crippen LogP contribution in [-0.4, -0.2) is 28.9 Å². The monoisotopic (exact) mass is 241 g/mol. The fourth-order valence-corrected chi connectivity index (χ4v) is 2.15. The summed E-state index contributed by atoms with van der Waals surface area (Å²) in [5.41, 5.74) is 7.56. The number of hydrogen-bond donors (Lipinski definition) is 1. The summed E-state index contributed by atoms with van der Waals surface area (Å²) in [5.74, 6) is -1.21. The summed E-state index contributed by atoms with van der Waals surface area (Å²) in [6.07, 6.45) is 4.68. The number of nitrogens with two attached hydrogens (primary N) is 1. The van der Waals surface area contributed by atoms with Crippen molar-refractivity contribution in [2.24, 2.45) is 5.92 Å². The zero-order valence-electron chi connectivity index (χ0n) is 10.6. The molecular formula is C12H16LiN3O2. The number of nitrogen functional groups attached to an aromatic ring is 1. The smallest absolute Gasteiger partial charge is 0.550 e. The fraction of sp³-hybridized carbons (Fsp3) is 0.500. The van der Waals surface area contributed by atoms with Gasteiger partial charge in [0.1, 0.15) is 0 Å². The van der Waals surface area contributed by atoms with E-state index in [1.807, 2.05) is 6.07 Å². The molecule has 0 atom stereocenters. The van der Waals surface area contributed by atoms with Gasteiger partial charge >= 0.3 is 18.9 Å². The van der Waals surface area contributed by atoms with Crippen LogP contribution in [0.4, 0.5) is 5.69 Å². The molecule has 6 heteroatoms. The van der Waals surface area contributed by atoms with Gasteiger partial charge in [0, 0.05) is 24.6 Å². The average Bonchev–Trinajstić information content (AvgIpc) is 2.33. The summed E-state index contributed by atoms with van der Waals surface area (Å²) in [5, 5.41) is 10.7. The van der Waals surface area contributed by atoms with Crippen LogP contribution in [0.2, 0.25) is 0 Å². The molecule has 92 valence electrons. The second-order valence-corrected chi connectivity index (χ2v) is 4.44. The Hall–Kier alpha value is -1.02. The molecule has 0 spiro atoms. The number of carbonyl (C=O) groups excluding carboxylic acids is 1. The van der Waals surface area contributed by atoms with Crippen molar-refractivity contribution in [2.75, 3.05) is 18.8 Å². The number of anilines is 1. The molecule has 1 fully saturated rings. The number of hydrogen-bond acceptors (Lipinski definition) is 5. The molecule has 2 N–H and O–H groups in total. The average molecular weight is 241 g/mol. The van der Waals surface area contributed by atoms with Gasteiger partial charge in [0.25, 0.3) is 0 Å². The molecule has 1 aliphatic rings. The Bertz CT molecular complexity index is 406. The second-order valence-electron chi connectivity index (χ2n) is 4.44. The molecule has 2 heterocycles. The second kappa shape index (κ2) is 6.79. The number of piperidine rings is 1. The van der Waals surface area contributed by atoms with Crippen LogP contribution < -0.4 is 29.7 Å². The van der Waals surface area contributed by atoms with Gasteiger partial charge < -0.3 is 15.6 Å². The van der Waals surface area contributed by atoms with Gasteiger partial charge in [0.15, 0.2) is 0 Å². The van der Waals surface area contributed by atoms with Crippen molar-refractivity contribution in [3.8, 4) is 0 Å². The Labute approximate surface area is 119 Å². The molecule has 0 saturated carbocycles. The Morgan fingerprint density at radius 1 is 1.50 bits per heavy atom. The molecule has 0 bridgehead atoms. The van der Waals surface area contributed by atoms with Crippen LogP contribution in [0.3, 0.4) is 0 Å². The zero-order valence-corrected chi connectivity index (χ0v) is 10.6. The van der Waals surface area contributed by atoms with Crippen LogP contribution in [0, 0.1) is 5.92 Å². The number of nitrogens with zero attached hydrogens (tertiary/aromatic N) is 2. The third-order valence-electron chi connectivity index (χ3n) is 3.26. The molecule has 1 aliphatic heterocycles. The van der Waals surface area contributed by atoms with Gasteiger partial charge in [-0.2, -0.15) is 0 Å². The van der Waals surface area contributed by atoms with Crippen molar-refractivity contribution in [3.63, 3.8) is 0 Å². The quantitative estimate of drug-likeness (QED) is 0.559. The summed E-state index contributed by atoms with van der Waals surface area (Å²) in [4.78, 5) is 16.9. The molecule has 2 rings (SSSR count). The fourth-order valence-electron chi connectivity index (χ4n) is 2.15. The number of likely N-dealkylation sites (tertiary alicyclic amines) is 1. The molecule has 1 saturated heterocycles. The van der Waals surface area contributed by atoms with E-state index in [9.17, 15) is 9.90 Å². The normalized spacial score (nSPS) is 17.1. The van der Waals surface area contributed by atoms with Crippen LogP contribution >= 0.6 is 0 Å². The third-order valence-corrected chi connectivity index (χ3v) is 3.26. The molecule has 0 unspecified atom stereocenters. The van der Waals surface area contributed by atoms with Crippen molar-refractivity contribution < 1.29 is 28.8 Å². The maximum atomic E-state index is 10.7. The van der Waals surface area contributed by atoms with E-state index in [0.717, 1.165) is 25.2 Å². The predicted octanol–water partition coefficient (Wildman–Crippen LogP) is -3.37. The maximum Gasteiger partial charge on any atom is 1.00 e. The minimum Gasteiger partial charge on any atom is -0.550 e. The Kier molecular flexibility index (Phi) is 5.67. The summed E-state index contributed by atoms with van der Waals surface area (Å²) < 4.78 is 0. The molecule has 0 amide bonds. The van der Waals surface area contributed by atoms with E-state index in [-0.39, 0.29) is 24.8 Å². The van der Waals surface area contributed by atoms with E-state index in [4.69, 9.17) is 5.73 Å². The van der Waals surface area contributed by atoms with Gasteiger partial charge in [-0.3, -0.25) is 9.88 Å². The summed E-state index contributed by atoms with van der Waals surface area (Å²) in [6.45, 7) is 2.31. The topological polar surface area (TPSA) is 82.3 Å². The van der Waals surface area contributed by atoms with E-state index >= 15 is 0 Å². The number of rotatable bonds is 3. The SMILES string of the molecule is Nc1cnccc1CN1CCC(C(=O)[O-])CC1.[Li+]. The molecule has 1 aromatic heterocycles. The standard InChI is InChI=1S/C12H17N3O2.Li/c13-11-7-14-4-1-10(11)8-15-5-2-9(3-6-15)12(16)17;/h1,4,7,9H,2-3,5-6,8,13H2,(H,16,17);/q;+1/p-1. The summed E-state index contributed by atoms with van der Waals surface area (Å²) >= 11 is 0. The van der Waals surface area contributed by atoms with Crippen LogP contribution in [0.15, 0.2) is 18.5 Å². The Balaban J connectivity index is 0.00000162. The first-order chi connectivity index (χ1) is 8.16. The molecule has 5 nitrogen and oxygen atoms in total. The van der Waals surface area contributed by atoms with Crippen molar-refractivity contribution in [2.45, 2.75) is 19.4 Å². The maximum absolute atomic E-state index is 10.7. The summed E-state index contributed by atoms with van der Waals surface area (Å²) in [7, 11) is 0. The van der Waals surface area contributed by atoms with Gasteiger partial charge in [0.2, 0.25) is 0 Å². The van der Waals surface area contributed by atoms with Crippen molar-refractivity contribution in [1.29, 1.82) is 0 Å². The molecular weight excluding hydrogens is 225 g/mol. The minimum absolute atomic E-state index is 0. The van der Waals surface area contributed by atoms with E-state index in [0.29, 0.717) is 18.5 Å². The number of carboxylic acids is 1. The molecule has 0 aromatic carbocycles. The number of pyridine rings is 1. The molecule has 1 aromatic rings. The largest absolute Gasteiger partial charge is 1.00 e. The van der Waals surface area contributed by atoms with Gasteiger partial charge in [-0.1, -0.05) is 0 Å². The number of carbonyl (C=O) groups is 1. The van der Waals surface area contributed by atoms with Crippen molar-refractivity contribution in [3.05, 3.63) is 24.0 Å². The van der Waals surface area contributed by atoms with Crippen LogP contribution in [0.5, 0.6) is 0 Å². The van der Waals surface area contributed by atoms with Gasteiger partial charge in [0.05, 0.1) is 11.9 Å². The molecule has 18 heavy (non-hydrogen) atoms. The van der Waals surface area contributed by atoms with Crippen molar-refractivity contribution >= 4 is 11.7 Å². The number of carboxylic acid groups (broad SMARTS) is 1. The first-order valence-electron chi connectivity index (χ1n) is 5.78. The van der Waals surface area contributed by atoms with Crippen molar-refractivity contribution in [1.82, 2.24) is 9.88 Å². The number of aliphatic carboxylic acids is 1. The van der Waals surface area contributed by atoms with Gasteiger partial charge in [-0.25, -0.2) is 0 Å². The van der Waals surface area contributed by atoms with E-state index in [1.165, 1.54) is 0 Å². The number of aromatic nitrogens is 1. The van der Waals surface area contributed by atoms with E-state index in [2.05, 4.69) is 9.88 Å². The third kappa shape index (κ3) is 3.74. The minimum atomic E-state index is -0.923. The van der Waals surface area contributed by atoms with Crippen LogP contribution in [0.1, 0.15) is 18.4 Å². The van der Waals surface area contributed by atoms with E-state index in [1.54, 1.807) is 12.4 Å². The van der Waals surface area contributed by atoms with Gasteiger partial charge in [-0.05, 0) is 37.6 Å². The van der Waals surface area contributed by atoms with Gasteiger partial charge in [-0.15, -0.1) is 0 Å². The van der Waals surface area contributed by atoms with E-state index < -0.39 is 5.97 Å². The molecule has 0 radical (unpaired) electrons. The predicted molar refractivity (Wildman–Crippen MR) is 61.7 cm³/mol. The zero-order chi connectivity index (χ0) is 12.3. The van der Waals surface area contributed by atoms with Crippen LogP contribution in [-0.2, 0) is 11.3 Å². The summed E-state index contributed by atoms with van der Waals surface area (Å²) in [6, 6.07) is 1.90.